The van der Waals surface area contributed by atoms with Crippen molar-refractivity contribution in [2.24, 2.45) is 0 Å². The van der Waals surface area contributed by atoms with Crippen molar-refractivity contribution in [1.29, 1.82) is 0 Å². The summed E-state index contributed by atoms with van der Waals surface area (Å²) in [6.45, 7) is 6.77. The Morgan fingerprint density at radius 3 is 2.47 bits per heavy atom. The van der Waals surface area contributed by atoms with Gasteiger partial charge in [-0.25, -0.2) is 4.98 Å². The molecule has 0 bridgehead atoms. The average molecular weight is 267 g/mol. The first-order chi connectivity index (χ1) is 9.07. The summed E-state index contributed by atoms with van der Waals surface area (Å²) >= 11 is 1.71. The fraction of sp³-hybridized carbons (Fsp3) is 0.235. The van der Waals surface area contributed by atoms with E-state index in [0.29, 0.717) is 0 Å². The van der Waals surface area contributed by atoms with E-state index in [-0.39, 0.29) is 5.41 Å². The lowest BCUT2D eigenvalue weighted by Crippen LogP contribution is -2.12. The lowest BCUT2D eigenvalue weighted by Gasteiger charge is -2.23. The van der Waals surface area contributed by atoms with E-state index < -0.39 is 0 Å². The molecule has 0 atom stereocenters. The van der Waals surface area contributed by atoms with Gasteiger partial charge in [0.2, 0.25) is 0 Å². The minimum absolute atomic E-state index is 0.116. The third-order valence-corrected chi connectivity index (χ3v) is 4.17. The normalized spacial score (nSPS) is 11.9. The number of hydrogen-bond donors (Lipinski definition) is 0. The molecule has 1 aromatic heterocycles. The summed E-state index contributed by atoms with van der Waals surface area (Å²) in [7, 11) is 0. The zero-order valence-corrected chi connectivity index (χ0v) is 12.3. The molecule has 0 spiro atoms. The zero-order chi connectivity index (χ0) is 13.5. The maximum Gasteiger partial charge on any atom is 0.124 e. The van der Waals surface area contributed by atoms with Gasteiger partial charge >= 0.3 is 0 Å². The van der Waals surface area contributed by atoms with E-state index in [4.69, 9.17) is 0 Å². The summed E-state index contributed by atoms with van der Waals surface area (Å²) in [6, 6.07) is 13.0. The van der Waals surface area contributed by atoms with E-state index >= 15 is 0 Å². The summed E-state index contributed by atoms with van der Waals surface area (Å²) in [5, 5.41) is 5.73. The van der Waals surface area contributed by atoms with Gasteiger partial charge in [-0.05, 0) is 21.8 Å². The van der Waals surface area contributed by atoms with E-state index in [1.165, 1.54) is 21.9 Å². The molecule has 3 aromatic rings. The molecule has 19 heavy (non-hydrogen) atoms. The van der Waals surface area contributed by atoms with E-state index in [1.807, 2.05) is 11.6 Å². The topological polar surface area (TPSA) is 12.9 Å². The Balaban J connectivity index is 2.42. The number of rotatable bonds is 1. The third-order valence-electron chi connectivity index (χ3n) is 3.38. The molecule has 0 aliphatic heterocycles. The molecule has 0 saturated heterocycles. The highest BCUT2D eigenvalue weighted by Crippen LogP contribution is 2.38. The van der Waals surface area contributed by atoms with Crippen LogP contribution in [-0.4, -0.2) is 4.98 Å². The maximum atomic E-state index is 4.53. The molecule has 0 unspecified atom stereocenters. The lowest BCUT2D eigenvalue weighted by molar-refractivity contribution is 0.592. The lowest BCUT2D eigenvalue weighted by atomic mass is 9.82. The minimum Gasteiger partial charge on any atom is -0.245 e. The van der Waals surface area contributed by atoms with Crippen LogP contribution in [0.15, 0.2) is 48.0 Å². The molecule has 96 valence electrons. The number of benzene rings is 2. The Bertz CT molecular complexity index is 706. The second kappa shape index (κ2) is 4.46. The van der Waals surface area contributed by atoms with E-state index in [1.54, 1.807) is 11.3 Å². The molecule has 0 aliphatic carbocycles. The quantitative estimate of drug-likeness (QED) is 0.586. The third kappa shape index (κ3) is 2.17. The highest BCUT2D eigenvalue weighted by molar-refractivity contribution is 7.13. The van der Waals surface area contributed by atoms with Gasteiger partial charge in [-0.3, -0.25) is 0 Å². The van der Waals surface area contributed by atoms with Gasteiger partial charge in [0, 0.05) is 17.1 Å². The molecular formula is C17H17NS. The van der Waals surface area contributed by atoms with Crippen molar-refractivity contribution >= 4 is 22.1 Å². The first-order valence-corrected chi connectivity index (χ1v) is 7.37. The van der Waals surface area contributed by atoms with Crippen LogP contribution in [0.4, 0.5) is 0 Å². The van der Waals surface area contributed by atoms with E-state index in [0.717, 1.165) is 5.01 Å². The van der Waals surface area contributed by atoms with Crippen LogP contribution in [0.5, 0.6) is 0 Å². The number of fused-ring (bicyclic) bond motifs is 1. The van der Waals surface area contributed by atoms with Gasteiger partial charge in [-0.1, -0.05) is 57.2 Å². The molecule has 2 heteroatoms. The standard InChI is InChI=1S/C17H17NS/c1-17(2,3)14-9-8-12-6-4-5-7-13(12)15(14)16-18-10-11-19-16/h4-11H,1-3H3. The molecule has 3 rings (SSSR count). The maximum absolute atomic E-state index is 4.53. The van der Waals surface area contributed by atoms with Crippen LogP contribution in [0.2, 0.25) is 0 Å². The Hall–Kier alpha value is -1.67. The minimum atomic E-state index is 0.116. The van der Waals surface area contributed by atoms with Gasteiger partial charge in [-0.2, -0.15) is 0 Å². The Labute approximate surface area is 117 Å². The highest BCUT2D eigenvalue weighted by Gasteiger charge is 2.21. The molecular weight excluding hydrogens is 250 g/mol. The summed E-state index contributed by atoms with van der Waals surface area (Å²) in [6.07, 6.45) is 1.88. The number of thiazole rings is 1. The smallest absolute Gasteiger partial charge is 0.124 e. The van der Waals surface area contributed by atoms with Crippen molar-refractivity contribution in [2.75, 3.05) is 0 Å². The van der Waals surface area contributed by atoms with Crippen LogP contribution in [0, 0.1) is 0 Å². The average Bonchev–Trinajstić information content (AvgIpc) is 2.89. The number of hydrogen-bond acceptors (Lipinski definition) is 2. The molecule has 2 aromatic carbocycles. The summed E-state index contributed by atoms with van der Waals surface area (Å²) in [5.74, 6) is 0. The molecule has 0 aliphatic rings. The molecule has 0 fully saturated rings. The van der Waals surface area contributed by atoms with Crippen molar-refractivity contribution in [2.45, 2.75) is 26.2 Å². The van der Waals surface area contributed by atoms with Crippen LogP contribution in [0.1, 0.15) is 26.3 Å². The Morgan fingerprint density at radius 1 is 1.00 bits per heavy atom. The fourth-order valence-electron chi connectivity index (χ4n) is 2.47. The SMILES string of the molecule is CC(C)(C)c1ccc2ccccc2c1-c1nccs1. The Morgan fingerprint density at radius 2 is 1.79 bits per heavy atom. The predicted octanol–water partition coefficient (Wildman–Crippen LogP) is 5.26. The molecule has 0 saturated carbocycles. The van der Waals surface area contributed by atoms with Crippen molar-refractivity contribution < 1.29 is 0 Å². The van der Waals surface area contributed by atoms with Crippen LogP contribution in [-0.2, 0) is 5.41 Å². The molecule has 1 nitrogen and oxygen atoms in total. The van der Waals surface area contributed by atoms with Crippen LogP contribution >= 0.6 is 11.3 Å². The molecule has 0 amide bonds. The van der Waals surface area contributed by atoms with E-state index in [9.17, 15) is 0 Å². The van der Waals surface area contributed by atoms with Gasteiger partial charge in [0.25, 0.3) is 0 Å². The first-order valence-electron chi connectivity index (χ1n) is 6.49. The second-order valence-corrected chi connectivity index (χ2v) is 6.69. The van der Waals surface area contributed by atoms with Crippen molar-refractivity contribution in [3.8, 4) is 10.6 Å². The molecule has 1 heterocycles. The van der Waals surface area contributed by atoms with Crippen LogP contribution in [0.3, 0.4) is 0 Å². The van der Waals surface area contributed by atoms with Crippen molar-refractivity contribution in [3.05, 3.63) is 53.5 Å². The molecule has 0 N–H and O–H groups in total. The highest BCUT2D eigenvalue weighted by atomic mass is 32.1. The second-order valence-electron chi connectivity index (χ2n) is 5.80. The fourth-order valence-corrected chi connectivity index (χ4v) is 3.18. The summed E-state index contributed by atoms with van der Waals surface area (Å²) in [5.41, 5.74) is 2.77. The van der Waals surface area contributed by atoms with Gasteiger partial charge in [0.1, 0.15) is 5.01 Å². The summed E-state index contributed by atoms with van der Waals surface area (Å²) in [4.78, 5) is 4.53. The first kappa shape index (κ1) is 12.4. The largest absolute Gasteiger partial charge is 0.245 e. The molecule has 0 radical (unpaired) electrons. The van der Waals surface area contributed by atoms with Gasteiger partial charge < -0.3 is 0 Å². The number of aromatic nitrogens is 1. The van der Waals surface area contributed by atoms with Gasteiger partial charge in [0.05, 0.1) is 0 Å². The van der Waals surface area contributed by atoms with Gasteiger partial charge in [0.15, 0.2) is 0 Å². The van der Waals surface area contributed by atoms with Crippen molar-refractivity contribution in [1.82, 2.24) is 4.98 Å². The Kier molecular flexibility index (Phi) is 2.90. The predicted molar refractivity (Wildman–Crippen MR) is 83.8 cm³/mol. The monoisotopic (exact) mass is 267 g/mol. The number of nitrogens with zero attached hydrogens (tertiary/aromatic N) is 1. The zero-order valence-electron chi connectivity index (χ0n) is 11.5. The van der Waals surface area contributed by atoms with Gasteiger partial charge in [-0.15, -0.1) is 11.3 Å². The van der Waals surface area contributed by atoms with E-state index in [2.05, 4.69) is 62.2 Å². The van der Waals surface area contributed by atoms with Crippen LogP contribution in [0.25, 0.3) is 21.3 Å². The summed E-state index contributed by atoms with van der Waals surface area (Å²) < 4.78 is 0. The van der Waals surface area contributed by atoms with Crippen molar-refractivity contribution in [3.63, 3.8) is 0 Å². The van der Waals surface area contributed by atoms with Crippen LogP contribution < -0.4 is 0 Å².